The Labute approximate surface area is 156 Å². The maximum atomic E-state index is 12.1. The van der Waals surface area contributed by atoms with Crippen LogP contribution in [0, 0.1) is 0 Å². The van der Waals surface area contributed by atoms with Gasteiger partial charge in [-0.1, -0.05) is 49.8 Å². The monoisotopic (exact) mass is 352 g/mol. The van der Waals surface area contributed by atoms with Gasteiger partial charge in [-0.15, -0.1) is 0 Å². The van der Waals surface area contributed by atoms with Crippen LogP contribution in [0.2, 0.25) is 0 Å². The number of methoxy groups -OCH3 is 1. The van der Waals surface area contributed by atoms with Gasteiger partial charge >= 0.3 is 5.97 Å². The number of benzene rings is 2. The molecule has 0 aliphatic heterocycles. The van der Waals surface area contributed by atoms with E-state index >= 15 is 0 Å². The SMILES string of the molecule is CCCc1ccc(C=CCCC(C)OC(=O)c2ccc(OC)cc2)cc1. The van der Waals surface area contributed by atoms with Crippen LogP contribution >= 0.6 is 0 Å². The summed E-state index contributed by atoms with van der Waals surface area (Å²) >= 11 is 0. The van der Waals surface area contributed by atoms with Crippen LogP contribution in [0.4, 0.5) is 0 Å². The molecule has 0 saturated heterocycles. The molecule has 2 aromatic rings. The fourth-order valence-corrected chi connectivity index (χ4v) is 2.67. The topological polar surface area (TPSA) is 35.5 Å². The highest BCUT2D eigenvalue weighted by atomic mass is 16.5. The smallest absolute Gasteiger partial charge is 0.338 e. The number of hydrogen-bond donors (Lipinski definition) is 0. The molecule has 0 aromatic heterocycles. The number of rotatable bonds is 9. The molecule has 0 N–H and O–H groups in total. The molecule has 0 bridgehead atoms. The van der Waals surface area contributed by atoms with Crippen molar-refractivity contribution in [2.75, 3.05) is 7.11 Å². The van der Waals surface area contributed by atoms with Crippen molar-refractivity contribution in [1.29, 1.82) is 0 Å². The summed E-state index contributed by atoms with van der Waals surface area (Å²) in [5.41, 5.74) is 3.12. The van der Waals surface area contributed by atoms with Gasteiger partial charge in [0.1, 0.15) is 5.75 Å². The Kier molecular flexibility index (Phi) is 7.94. The lowest BCUT2D eigenvalue weighted by Crippen LogP contribution is -2.14. The number of allylic oxidation sites excluding steroid dienone is 1. The Morgan fingerprint density at radius 3 is 2.38 bits per heavy atom. The lowest BCUT2D eigenvalue weighted by atomic mass is 10.1. The van der Waals surface area contributed by atoms with E-state index in [-0.39, 0.29) is 12.1 Å². The number of carbonyl (C=O) groups is 1. The molecule has 1 atom stereocenters. The van der Waals surface area contributed by atoms with Crippen LogP contribution in [0.1, 0.15) is 54.6 Å². The molecule has 0 saturated carbocycles. The van der Waals surface area contributed by atoms with Gasteiger partial charge in [-0.05, 0) is 61.6 Å². The predicted molar refractivity (Wildman–Crippen MR) is 107 cm³/mol. The molecule has 0 aliphatic carbocycles. The van der Waals surface area contributed by atoms with Crippen molar-refractivity contribution in [3.63, 3.8) is 0 Å². The van der Waals surface area contributed by atoms with Crippen molar-refractivity contribution < 1.29 is 14.3 Å². The van der Waals surface area contributed by atoms with Crippen molar-refractivity contribution in [1.82, 2.24) is 0 Å². The van der Waals surface area contributed by atoms with Crippen LogP contribution in [0.15, 0.2) is 54.6 Å². The van der Waals surface area contributed by atoms with Crippen LogP contribution < -0.4 is 4.74 Å². The van der Waals surface area contributed by atoms with Crippen LogP contribution in [-0.2, 0) is 11.2 Å². The third kappa shape index (κ3) is 6.40. The van der Waals surface area contributed by atoms with Crippen molar-refractivity contribution in [3.8, 4) is 5.75 Å². The molecule has 3 heteroatoms. The zero-order valence-corrected chi connectivity index (χ0v) is 15.9. The predicted octanol–water partition coefficient (Wildman–Crippen LogP) is 5.69. The zero-order valence-electron chi connectivity index (χ0n) is 15.9. The molecule has 26 heavy (non-hydrogen) atoms. The van der Waals surface area contributed by atoms with E-state index in [9.17, 15) is 4.79 Å². The fraction of sp³-hybridized carbons (Fsp3) is 0.348. The molecule has 1 unspecified atom stereocenters. The third-order valence-electron chi connectivity index (χ3n) is 4.20. The van der Waals surface area contributed by atoms with Crippen molar-refractivity contribution in [2.45, 2.75) is 45.6 Å². The van der Waals surface area contributed by atoms with E-state index in [1.807, 2.05) is 6.92 Å². The minimum atomic E-state index is -0.296. The first-order valence-electron chi connectivity index (χ1n) is 9.23. The Bertz CT molecular complexity index is 699. The summed E-state index contributed by atoms with van der Waals surface area (Å²) in [6.45, 7) is 4.12. The van der Waals surface area contributed by atoms with Gasteiger partial charge in [0.25, 0.3) is 0 Å². The number of aryl methyl sites for hydroxylation is 1. The Morgan fingerprint density at radius 1 is 1.08 bits per heavy atom. The molecular weight excluding hydrogens is 324 g/mol. The highest BCUT2D eigenvalue weighted by molar-refractivity contribution is 5.89. The van der Waals surface area contributed by atoms with Gasteiger partial charge in [0.2, 0.25) is 0 Å². The summed E-state index contributed by atoms with van der Waals surface area (Å²) < 4.78 is 10.6. The minimum absolute atomic E-state index is 0.124. The largest absolute Gasteiger partial charge is 0.497 e. The van der Waals surface area contributed by atoms with E-state index in [1.165, 1.54) is 17.5 Å². The second-order valence-corrected chi connectivity index (χ2v) is 6.42. The van der Waals surface area contributed by atoms with Gasteiger partial charge < -0.3 is 9.47 Å². The second kappa shape index (κ2) is 10.4. The Morgan fingerprint density at radius 2 is 1.77 bits per heavy atom. The summed E-state index contributed by atoms with van der Waals surface area (Å²) in [6.07, 6.45) is 8.09. The summed E-state index contributed by atoms with van der Waals surface area (Å²) in [7, 11) is 1.60. The molecule has 0 radical (unpaired) electrons. The van der Waals surface area contributed by atoms with E-state index < -0.39 is 0 Å². The van der Waals surface area contributed by atoms with Crippen LogP contribution in [-0.4, -0.2) is 19.2 Å². The quantitative estimate of drug-likeness (QED) is 0.544. The normalized spacial score (nSPS) is 12.1. The number of ether oxygens (including phenoxy) is 2. The fourth-order valence-electron chi connectivity index (χ4n) is 2.67. The maximum Gasteiger partial charge on any atom is 0.338 e. The van der Waals surface area contributed by atoms with E-state index in [2.05, 4.69) is 43.3 Å². The zero-order chi connectivity index (χ0) is 18.8. The van der Waals surface area contributed by atoms with Crippen LogP contribution in [0.3, 0.4) is 0 Å². The number of esters is 1. The number of hydrogen-bond acceptors (Lipinski definition) is 3. The molecule has 2 rings (SSSR count). The molecular formula is C23H28O3. The van der Waals surface area contributed by atoms with E-state index in [0.29, 0.717) is 5.56 Å². The van der Waals surface area contributed by atoms with Crippen molar-refractivity contribution in [2.24, 2.45) is 0 Å². The second-order valence-electron chi connectivity index (χ2n) is 6.42. The standard InChI is InChI=1S/C23H28O3/c1-4-7-19-10-12-20(13-11-19)9-6-5-8-18(2)26-23(24)21-14-16-22(25-3)17-15-21/h6,9-18H,4-5,7-8H2,1-3H3. The molecule has 138 valence electrons. The van der Waals surface area contributed by atoms with Gasteiger partial charge in [-0.3, -0.25) is 0 Å². The van der Waals surface area contributed by atoms with Crippen LogP contribution in [0.5, 0.6) is 5.75 Å². The van der Waals surface area contributed by atoms with Gasteiger partial charge in [0, 0.05) is 0 Å². The maximum absolute atomic E-state index is 12.1. The average molecular weight is 352 g/mol. The molecule has 2 aromatic carbocycles. The molecule has 0 aliphatic rings. The number of carbonyl (C=O) groups excluding carboxylic acids is 1. The first kappa shape index (κ1) is 19.8. The lowest BCUT2D eigenvalue weighted by Gasteiger charge is -2.12. The molecule has 3 nitrogen and oxygen atoms in total. The van der Waals surface area contributed by atoms with Gasteiger partial charge in [0.05, 0.1) is 18.8 Å². The highest BCUT2D eigenvalue weighted by Crippen LogP contribution is 2.14. The molecule has 0 fully saturated rings. The van der Waals surface area contributed by atoms with E-state index in [0.717, 1.165) is 25.0 Å². The summed E-state index contributed by atoms with van der Waals surface area (Å²) in [5, 5.41) is 0. The van der Waals surface area contributed by atoms with Crippen molar-refractivity contribution >= 4 is 12.0 Å². The Hall–Kier alpha value is -2.55. The van der Waals surface area contributed by atoms with Crippen LogP contribution in [0.25, 0.3) is 6.08 Å². The van der Waals surface area contributed by atoms with Crippen molar-refractivity contribution in [3.05, 3.63) is 71.3 Å². The minimum Gasteiger partial charge on any atom is -0.497 e. The van der Waals surface area contributed by atoms with E-state index in [1.54, 1.807) is 31.4 Å². The van der Waals surface area contributed by atoms with E-state index in [4.69, 9.17) is 9.47 Å². The summed E-state index contributed by atoms with van der Waals surface area (Å²) in [4.78, 5) is 12.1. The third-order valence-corrected chi connectivity index (χ3v) is 4.20. The van der Waals surface area contributed by atoms with Gasteiger partial charge in [0.15, 0.2) is 0 Å². The average Bonchev–Trinajstić information content (AvgIpc) is 2.67. The lowest BCUT2D eigenvalue weighted by molar-refractivity contribution is 0.0327. The summed E-state index contributed by atoms with van der Waals surface area (Å²) in [6, 6.07) is 15.6. The van der Waals surface area contributed by atoms with Gasteiger partial charge in [-0.2, -0.15) is 0 Å². The molecule has 0 heterocycles. The highest BCUT2D eigenvalue weighted by Gasteiger charge is 2.11. The van der Waals surface area contributed by atoms with Gasteiger partial charge in [-0.25, -0.2) is 4.79 Å². The summed E-state index contributed by atoms with van der Waals surface area (Å²) in [5.74, 6) is 0.429. The molecule has 0 spiro atoms. The Balaban J connectivity index is 1.75. The first-order valence-corrected chi connectivity index (χ1v) is 9.23. The first-order chi connectivity index (χ1) is 12.6. The molecule has 0 amide bonds.